The summed E-state index contributed by atoms with van der Waals surface area (Å²) < 4.78 is 52.1. The zero-order chi connectivity index (χ0) is 19.6. The average Bonchev–Trinajstić information content (AvgIpc) is 2.65. The van der Waals surface area contributed by atoms with E-state index in [2.05, 4.69) is 10.1 Å². The highest BCUT2D eigenvalue weighted by Crippen LogP contribution is 2.29. The van der Waals surface area contributed by atoms with E-state index in [1.165, 1.54) is 37.4 Å². The van der Waals surface area contributed by atoms with Gasteiger partial charge in [0.15, 0.2) is 11.5 Å². The highest BCUT2D eigenvalue weighted by Gasteiger charge is 2.14. The van der Waals surface area contributed by atoms with Crippen LogP contribution in [-0.4, -0.2) is 32.8 Å². The standard InChI is InChI=1S/C19H20F3NO4/c1-25-17-12-13(4-9-16(17)27-19(21)22)18(24)23-10-2-3-11-26-15-7-5-14(20)6-8-15/h4-9,12,19H,2-3,10-11H2,1H3,(H,23,24). The monoisotopic (exact) mass is 383 g/mol. The second-order valence-electron chi connectivity index (χ2n) is 5.51. The van der Waals surface area contributed by atoms with E-state index in [0.717, 1.165) is 0 Å². The van der Waals surface area contributed by atoms with Crippen LogP contribution in [0.3, 0.4) is 0 Å². The molecule has 0 bridgehead atoms. The predicted octanol–water partition coefficient (Wildman–Crippen LogP) is 4.02. The Morgan fingerprint density at radius 1 is 1.07 bits per heavy atom. The zero-order valence-electron chi connectivity index (χ0n) is 14.7. The van der Waals surface area contributed by atoms with Gasteiger partial charge in [-0.25, -0.2) is 4.39 Å². The number of alkyl halides is 2. The number of rotatable bonds is 10. The van der Waals surface area contributed by atoms with Gasteiger partial charge in [-0.2, -0.15) is 8.78 Å². The van der Waals surface area contributed by atoms with Crippen molar-refractivity contribution in [2.45, 2.75) is 19.5 Å². The van der Waals surface area contributed by atoms with Gasteiger partial charge < -0.3 is 19.5 Å². The van der Waals surface area contributed by atoms with Crippen molar-refractivity contribution in [3.05, 3.63) is 53.8 Å². The molecule has 2 aromatic carbocycles. The number of unbranched alkanes of at least 4 members (excludes halogenated alkanes) is 1. The molecule has 0 heterocycles. The minimum absolute atomic E-state index is 0.0515. The van der Waals surface area contributed by atoms with Crippen molar-refractivity contribution in [1.29, 1.82) is 0 Å². The lowest BCUT2D eigenvalue weighted by Gasteiger charge is -2.11. The van der Waals surface area contributed by atoms with Gasteiger partial charge in [-0.1, -0.05) is 0 Å². The summed E-state index contributed by atoms with van der Waals surface area (Å²) in [6, 6.07) is 9.72. The van der Waals surface area contributed by atoms with Crippen molar-refractivity contribution >= 4 is 5.91 Å². The fourth-order valence-electron chi connectivity index (χ4n) is 2.25. The first-order valence-corrected chi connectivity index (χ1v) is 8.29. The van der Waals surface area contributed by atoms with Crippen molar-refractivity contribution in [1.82, 2.24) is 5.32 Å². The molecule has 5 nitrogen and oxygen atoms in total. The minimum atomic E-state index is -2.98. The van der Waals surface area contributed by atoms with E-state index in [9.17, 15) is 18.0 Å². The van der Waals surface area contributed by atoms with Gasteiger partial charge in [-0.05, 0) is 55.3 Å². The van der Waals surface area contributed by atoms with Gasteiger partial charge in [0.25, 0.3) is 5.91 Å². The fraction of sp³-hybridized carbons (Fsp3) is 0.316. The van der Waals surface area contributed by atoms with Gasteiger partial charge >= 0.3 is 6.61 Å². The Labute approximate surface area is 155 Å². The number of hydrogen-bond acceptors (Lipinski definition) is 4. The second-order valence-corrected chi connectivity index (χ2v) is 5.51. The first kappa shape index (κ1) is 20.4. The molecule has 0 unspecified atom stereocenters. The van der Waals surface area contributed by atoms with Crippen LogP contribution in [0.2, 0.25) is 0 Å². The quantitative estimate of drug-likeness (QED) is 0.630. The van der Waals surface area contributed by atoms with Crippen molar-refractivity contribution in [2.75, 3.05) is 20.3 Å². The van der Waals surface area contributed by atoms with Crippen LogP contribution in [0.25, 0.3) is 0 Å². The van der Waals surface area contributed by atoms with Gasteiger partial charge in [0, 0.05) is 12.1 Å². The lowest BCUT2D eigenvalue weighted by atomic mass is 10.2. The number of hydrogen-bond donors (Lipinski definition) is 1. The molecule has 146 valence electrons. The van der Waals surface area contributed by atoms with Crippen molar-refractivity contribution < 1.29 is 32.2 Å². The second kappa shape index (κ2) is 10.3. The summed E-state index contributed by atoms with van der Waals surface area (Å²) in [5.41, 5.74) is 0.274. The molecule has 0 aromatic heterocycles. The Morgan fingerprint density at radius 2 is 1.81 bits per heavy atom. The molecule has 27 heavy (non-hydrogen) atoms. The summed E-state index contributed by atoms with van der Waals surface area (Å²) in [5, 5.41) is 2.73. The summed E-state index contributed by atoms with van der Waals surface area (Å²) in [7, 11) is 1.30. The van der Waals surface area contributed by atoms with Crippen LogP contribution in [-0.2, 0) is 0 Å². The van der Waals surface area contributed by atoms with Gasteiger partial charge in [0.1, 0.15) is 11.6 Å². The number of carbonyl (C=O) groups is 1. The van der Waals surface area contributed by atoms with Gasteiger partial charge in [-0.3, -0.25) is 4.79 Å². The molecule has 2 aromatic rings. The van der Waals surface area contributed by atoms with Crippen LogP contribution >= 0.6 is 0 Å². The number of methoxy groups -OCH3 is 1. The van der Waals surface area contributed by atoms with Crippen LogP contribution < -0.4 is 19.5 Å². The number of ether oxygens (including phenoxy) is 3. The number of amides is 1. The topological polar surface area (TPSA) is 56.8 Å². The van der Waals surface area contributed by atoms with Crippen LogP contribution in [0, 0.1) is 5.82 Å². The number of benzene rings is 2. The van der Waals surface area contributed by atoms with Crippen LogP contribution in [0.15, 0.2) is 42.5 Å². The van der Waals surface area contributed by atoms with E-state index in [1.807, 2.05) is 0 Å². The summed E-state index contributed by atoms with van der Waals surface area (Å²) >= 11 is 0. The van der Waals surface area contributed by atoms with Crippen LogP contribution in [0.1, 0.15) is 23.2 Å². The number of carbonyl (C=O) groups excluding carboxylic acids is 1. The Morgan fingerprint density at radius 3 is 2.48 bits per heavy atom. The van der Waals surface area contributed by atoms with E-state index in [4.69, 9.17) is 9.47 Å². The molecule has 0 saturated carbocycles. The fourth-order valence-corrected chi connectivity index (χ4v) is 2.25. The third kappa shape index (κ3) is 6.73. The Bertz CT molecular complexity index is 738. The molecule has 0 fully saturated rings. The molecule has 0 aliphatic carbocycles. The molecule has 2 rings (SSSR count). The first-order valence-electron chi connectivity index (χ1n) is 8.29. The summed E-state index contributed by atoms with van der Waals surface area (Å²) in [6.07, 6.45) is 1.37. The molecule has 0 atom stereocenters. The molecule has 0 saturated heterocycles. The van der Waals surface area contributed by atoms with E-state index in [1.54, 1.807) is 12.1 Å². The molecule has 0 radical (unpaired) electrons. The Balaban J connectivity index is 1.72. The highest BCUT2D eigenvalue weighted by atomic mass is 19.3. The molecular formula is C19H20F3NO4. The maximum absolute atomic E-state index is 12.8. The zero-order valence-corrected chi connectivity index (χ0v) is 14.7. The summed E-state index contributed by atoms with van der Waals surface area (Å²) in [4.78, 5) is 12.1. The largest absolute Gasteiger partial charge is 0.494 e. The van der Waals surface area contributed by atoms with Crippen molar-refractivity contribution in [3.8, 4) is 17.2 Å². The third-order valence-electron chi connectivity index (χ3n) is 3.58. The summed E-state index contributed by atoms with van der Waals surface area (Å²) in [6.45, 7) is -2.12. The van der Waals surface area contributed by atoms with E-state index < -0.39 is 6.61 Å². The molecule has 0 aliphatic rings. The SMILES string of the molecule is COc1cc(C(=O)NCCCCOc2ccc(F)cc2)ccc1OC(F)F. The van der Waals surface area contributed by atoms with Crippen LogP contribution in [0.5, 0.6) is 17.2 Å². The molecule has 0 aliphatic heterocycles. The molecule has 0 spiro atoms. The Hall–Kier alpha value is -2.90. The lowest BCUT2D eigenvalue weighted by molar-refractivity contribution is -0.0512. The van der Waals surface area contributed by atoms with Gasteiger partial charge in [0.05, 0.1) is 13.7 Å². The van der Waals surface area contributed by atoms with Crippen molar-refractivity contribution in [3.63, 3.8) is 0 Å². The number of nitrogens with one attached hydrogen (secondary N) is 1. The van der Waals surface area contributed by atoms with Gasteiger partial charge in [-0.15, -0.1) is 0 Å². The smallest absolute Gasteiger partial charge is 0.387 e. The van der Waals surface area contributed by atoms with Crippen molar-refractivity contribution in [2.24, 2.45) is 0 Å². The normalized spacial score (nSPS) is 10.6. The van der Waals surface area contributed by atoms with E-state index in [-0.39, 0.29) is 28.8 Å². The lowest BCUT2D eigenvalue weighted by Crippen LogP contribution is -2.24. The average molecular weight is 383 g/mol. The Kier molecular flexibility index (Phi) is 7.79. The molecule has 1 amide bonds. The van der Waals surface area contributed by atoms with Crippen LogP contribution in [0.4, 0.5) is 13.2 Å². The minimum Gasteiger partial charge on any atom is -0.494 e. The van der Waals surface area contributed by atoms with Gasteiger partial charge in [0.2, 0.25) is 0 Å². The summed E-state index contributed by atoms with van der Waals surface area (Å²) in [5.74, 6) is -0.178. The highest BCUT2D eigenvalue weighted by molar-refractivity contribution is 5.94. The predicted molar refractivity (Wildman–Crippen MR) is 93.1 cm³/mol. The molecular weight excluding hydrogens is 363 g/mol. The maximum atomic E-state index is 12.8. The maximum Gasteiger partial charge on any atom is 0.387 e. The third-order valence-corrected chi connectivity index (χ3v) is 3.58. The van der Waals surface area contributed by atoms with E-state index in [0.29, 0.717) is 31.7 Å². The molecule has 1 N–H and O–H groups in total. The molecule has 8 heteroatoms. The first-order chi connectivity index (χ1) is 13.0. The van der Waals surface area contributed by atoms with E-state index >= 15 is 0 Å². The number of halogens is 3.